The summed E-state index contributed by atoms with van der Waals surface area (Å²) in [5, 5.41) is 0. The van der Waals surface area contributed by atoms with Crippen molar-refractivity contribution in [3.05, 3.63) is 12.3 Å². The van der Waals surface area contributed by atoms with E-state index in [9.17, 15) is 0 Å². The van der Waals surface area contributed by atoms with Gasteiger partial charge in [0.05, 0.1) is 0 Å². The first kappa shape index (κ1) is 5.67. The molecule has 46 valence electrons. The average Bonchev–Trinajstić information content (AvgIpc) is 2.50. The highest BCUT2D eigenvalue weighted by molar-refractivity contribution is 5.07. The largest absolute Gasteiger partial charge is 0.405 e. The Balaban J connectivity index is 2.41. The zero-order chi connectivity index (χ0) is 6.04. The van der Waals surface area contributed by atoms with Gasteiger partial charge in [0.1, 0.15) is 0 Å². The molecule has 1 aliphatic rings. The van der Waals surface area contributed by atoms with Crippen LogP contribution < -0.4 is 5.73 Å². The topological polar surface area (TPSA) is 26.0 Å². The fourth-order valence-corrected chi connectivity index (χ4v) is 1.00. The molecule has 2 N–H and O–H groups in total. The Morgan fingerprint density at radius 1 is 1.62 bits per heavy atom. The molecule has 1 nitrogen and oxygen atoms in total. The van der Waals surface area contributed by atoms with Crippen molar-refractivity contribution in [3.63, 3.8) is 0 Å². The van der Waals surface area contributed by atoms with Crippen molar-refractivity contribution in [2.75, 3.05) is 0 Å². The maximum Gasteiger partial charge on any atom is -0.00974 e. The predicted molar refractivity (Wildman–Crippen MR) is 35.3 cm³/mol. The lowest BCUT2D eigenvalue weighted by Gasteiger charge is -2.01. The molecule has 0 aromatic rings. The van der Waals surface area contributed by atoms with Crippen LogP contribution >= 0.6 is 0 Å². The molecule has 1 aliphatic carbocycles. The highest BCUT2D eigenvalue weighted by Gasteiger charge is 2.37. The minimum atomic E-state index is 0.536. The molecule has 0 bridgehead atoms. The summed E-state index contributed by atoms with van der Waals surface area (Å²) in [6, 6.07) is 0. The van der Waals surface area contributed by atoms with E-state index in [0.29, 0.717) is 5.41 Å². The van der Waals surface area contributed by atoms with Crippen LogP contribution in [0, 0.1) is 5.41 Å². The summed E-state index contributed by atoms with van der Waals surface area (Å²) in [7, 11) is 0. The molecule has 0 atom stereocenters. The molecule has 0 radical (unpaired) electrons. The zero-order valence-electron chi connectivity index (χ0n) is 5.35. The van der Waals surface area contributed by atoms with E-state index in [1.807, 2.05) is 0 Å². The summed E-state index contributed by atoms with van der Waals surface area (Å²) in [4.78, 5) is 0. The van der Waals surface area contributed by atoms with Crippen molar-refractivity contribution in [2.24, 2.45) is 11.1 Å². The fourth-order valence-electron chi connectivity index (χ4n) is 1.00. The van der Waals surface area contributed by atoms with E-state index in [-0.39, 0.29) is 0 Å². The first-order valence-electron chi connectivity index (χ1n) is 3.22. The minimum Gasteiger partial charge on any atom is -0.405 e. The number of allylic oxidation sites excluding steroid dienone is 1. The van der Waals surface area contributed by atoms with Crippen molar-refractivity contribution in [3.8, 4) is 0 Å². The highest BCUT2D eigenvalue weighted by atomic mass is 14.5. The maximum absolute atomic E-state index is 5.25. The Hall–Kier alpha value is -0.460. The molecule has 1 saturated carbocycles. The van der Waals surface area contributed by atoms with E-state index in [1.54, 1.807) is 6.20 Å². The van der Waals surface area contributed by atoms with Gasteiger partial charge < -0.3 is 5.73 Å². The Bertz CT molecular complexity index is 101. The van der Waals surface area contributed by atoms with Gasteiger partial charge in [0.25, 0.3) is 0 Å². The molecule has 0 spiro atoms. The van der Waals surface area contributed by atoms with Crippen LogP contribution in [0.2, 0.25) is 0 Å². The molecule has 0 unspecified atom stereocenters. The molecule has 0 amide bonds. The highest BCUT2D eigenvalue weighted by Crippen LogP contribution is 2.49. The first-order valence-corrected chi connectivity index (χ1v) is 3.22. The van der Waals surface area contributed by atoms with Crippen LogP contribution in [-0.4, -0.2) is 0 Å². The third-order valence-corrected chi connectivity index (χ3v) is 2.05. The lowest BCUT2D eigenvalue weighted by molar-refractivity contribution is 0.624. The maximum atomic E-state index is 5.25. The molecular formula is C7H13N. The van der Waals surface area contributed by atoms with Gasteiger partial charge in [0, 0.05) is 0 Å². The zero-order valence-corrected chi connectivity index (χ0v) is 5.35. The van der Waals surface area contributed by atoms with Gasteiger partial charge >= 0.3 is 0 Å². The van der Waals surface area contributed by atoms with Gasteiger partial charge in [-0.1, -0.05) is 13.0 Å². The second-order valence-corrected chi connectivity index (χ2v) is 2.58. The van der Waals surface area contributed by atoms with E-state index >= 15 is 0 Å². The second-order valence-electron chi connectivity index (χ2n) is 2.58. The number of rotatable bonds is 2. The minimum absolute atomic E-state index is 0.536. The van der Waals surface area contributed by atoms with Crippen LogP contribution in [0.1, 0.15) is 26.2 Å². The molecule has 1 heteroatoms. The summed E-state index contributed by atoms with van der Waals surface area (Å²) in [6.07, 6.45) is 7.75. The van der Waals surface area contributed by atoms with E-state index < -0.39 is 0 Å². The molecule has 0 heterocycles. The van der Waals surface area contributed by atoms with Crippen LogP contribution in [0.25, 0.3) is 0 Å². The van der Waals surface area contributed by atoms with Gasteiger partial charge in [-0.25, -0.2) is 0 Å². The number of nitrogens with two attached hydrogens (primary N) is 1. The Kier molecular flexibility index (Phi) is 1.28. The average molecular weight is 111 g/mol. The van der Waals surface area contributed by atoms with Gasteiger partial charge in [-0.15, -0.1) is 0 Å². The predicted octanol–water partition coefficient (Wildman–Crippen LogP) is 1.65. The van der Waals surface area contributed by atoms with Crippen molar-refractivity contribution in [2.45, 2.75) is 26.2 Å². The summed E-state index contributed by atoms with van der Waals surface area (Å²) in [6.45, 7) is 2.22. The quantitative estimate of drug-likeness (QED) is 0.576. The fraction of sp³-hybridized carbons (Fsp3) is 0.714. The molecule has 0 aromatic heterocycles. The second kappa shape index (κ2) is 1.81. The lowest BCUT2D eigenvalue weighted by atomic mass is 10.0. The Morgan fingerprint density at radius 3 is 2.38 bits per heavy atom. The van der Waals surface area contributed by atoms with Gasteiger partial charge in [-0.3, -0.25) is 0 Å². The van der Waals surface area contributed by atoms with Crippen LogP contribution in [0.3, 0.4) is 0 Å². The third-order valence-electron chi connectivity index (χ3n) is 2.05. The van der Waals surface area contributed by atoms with Crippen LogP contribution in [0.4, 0.5) is 0 Å². The summed E-state index contributed by atoms with van der Waals surface area (Å²) in [5.41, 5.74) is 5.79. The molecule has 1 rings (SSSR count). The first-order chi connectivity index (χ1) is 3.83. The third kappa shape index (κ3) is 0.857. The Morgan fingerprint density at radius 2 is 2.25 bits per heavy atom. The van der Waals surface area contributed by atoms with E-state index in [0.717, 1.165) is 0 Å². The van der Waals surface area contributed by atoms with Crippen molar-refractivity contribution >= 4 is 0 Å². The van der Waals surface area contributed by atoms with Crippen molar-refractivity contribution < 1.29 is 0 Å². The molecule has 0 saturated heterocycles. The molecule has 0 aliphatic heterocycles. The monoisotopic (exact) mass is 111 g/mol. The van der Waals surface area contributed by atoms with Gasteiger partial charge in [-0.05, 0) is 30.9 Å². The Labute approximate surface area is 50.6 Å². The summed E-state index contributed by atoms with van der Waals surface area (Å²) < 4.78 is 0. The smallest absolute Gasteiger partial charge is 0.00974 e. The van der Waals surface area contributed by atoms with Crippen LogP contribution in [0.5, 0.6) is 0 Å². The lowest BCUT2D eigenvalue weighted by Crippen LogP contribution is -1.92. The number of hydrogen-bond donors (Lipinski definition) is 1. The number of hydrogen-bond acceptors (Lipinski definition) is 1. The van der Waals surface area contributed by atoms with Crippen LogP contribution in [-0.2, 0) is 0 Å². The van der Waals surface area contributed by atoms with E-state index in [4.69, 9.17) is 5.73 Å². The van der Waals surface area contributed by atoms with Gasteiger partial charge in [0.15, 0.2) is 0 Å². The van der Waals surface area contributed by atoms with Crippen LogP contribution in [0.15, 0.2) is 12.3 Å². The molecule has 1 fully saturated rings. The summed E-state index contributed by atoms with van der Waals surface area (Å²) >= 11 is 0. The SMILES string of the molecule is CCC1(/C=C/N)CC1. The van der Waals surface area contributed by atoms with E-state index in [2.05, 4.69) is 13.0 Å². The molecule has 0 aromatic carbocycles. The standard InChI is InChI=1S/C7H13N/c1-2-7(3-4-7)5-6-8/h5-6H,2-4,8H2,1H3/b6-5+. The van der Waals surface area contributed by atoms with Crippen molar-refractivity contribution in [1.29, 1.82) is 0 Å². The normalized spacial score (nSPS) is 24.1. The van der Waals surface area contributed by atoms with Crippen molar-refractivity contribution in [1.82, 2.24) is 0 Å². The van der Waals surface area contributed by atoms with Gasteiger partial charge in [-0.2, -0.15) is 0 Å². The molecular weight excluding hydrogens is 98.1 g/mol. The van der Waals surface area contributed by atoms with Gasteiger partial charge in [0.2, 0.25) is 0 Å². The summed E-state index contributed by atoms with van der Waals surface area (Å²) in [5.74, 6) is 0. The molecule has 8 heavy (non-hydrogen) atoms. The van der Waals surface area contributed by atoms with E-state index in [1.165, 1.54) is 19.3 Å².